The van der Waals surface area contributed by atoms with Gasteiger partial charge in [0.15, 0.2) is 0 Å². The van der Waals surface area contributed by atoms with E-state index in [-0.39, 0.29) is 17.2 Å². The van der Waals surface area contributed by atoms with Crippen molar-refractivity contribution in [1.82, 2.24) is 9.55 Å². The first kappa shape index (κ1) is 26.0. The third kappa shape index (κ3) is 5.22. The van der Waals surface area contributed by atoms with Crippen LogP contribution in [-0.4, -0.2) is 29.0 Å². The second-order valence-corrected chi connectivity index (χ2v) is 11.3. The summed E-state index contributed by atoms with van der Waals surface area (Å²) >= 11 is 0. The quantitative estimate of drug-likeness (QED) is 0.340. The molecule has 1 aromatic heterocycles. The van der Waals surface area contributed by atoms with Crippen molar-refractivity contribution in [2.75, 3.05) is 7.11 Å². The van der Waals surface area contributed by atoms with Crippen LogP contribution in [0.5, 0.6) is 5.75 Å². The molecule has 2 atom stereocenters. The minimum absolute atomic E-state index is 0.156. The average Bonchev–Trinajstić information content (AvgIpc) is 3.16. The van der Waals surface area contributed by atoms with E-state index in [4.69, 9.17) is 9.72 Å². The number of esters is 1. The normalized spacial score (nSPS) is 20.4. The molecule has 0 saturated heterocycles. The minimum Gasteiger partial charge on any atom is -0.465 e. The fraction of sp³-hybridized carbons (Fsp3) is 0.500. The van der Waals surface area contributed by atoms with Crippen LogP contribution in [0.3, 0.4) is 0 Å². The molecule has 194 valence electrons. The van der Waals surface area contributed by atoms with Crippen LogP contribution < -0.4 is 4.74 Å². The summed E-state index contributed by atoms with van der Waals surface area (Å²) in [6.45, 7) is 10.9. The number of ether oxygens (including phenoxy) is 2. The first-order valence-electron chi connectivity index (χ1n) is 12.2. The topological polar surface area (TPSA) is 53.4 Å². The predicted octanol–water partition coefficient (Wildman–Crippen LogP) is 7.43. The summed E-state index contributed by atoms with van der Waals surface area (Å²) in [6, 6.07) is 11.6. The summed E-state index contributed by atoms with van der Waals surface area (Å²) in [6.07, 6.45) is -1.63. The number of rotatable bonds is 5. The largest absolute Gasteiger partial charge is 0.573 e. The van der Waals surface area contributed by atoms with Crippen LogP contribution in [-0.2, 0) is 10.2 Å². The Kier molecular flexibility index (Phi) is 6.60. The zero-order valence-electron chi connectivity index (χ0n) is 21.6. The predicted molar refractivity (Wildman–Crippen MR) is 132 cm³/mol. The maximum absolute atomic E-state index is 12.7. The molecule has 2 unspecified atom stereocenters. The third-order valence-electron chi connectivity index (χ3n) is 7.21. The lowest BCUT2D eigenvalue weighted by atomic mass is 9.70. The molecule has 0 N–H and O–H groups in total. The number of fused-ring (bicyclic) bond motifs is 1. The SMILES string of the molecule is COC(=O)c1ccc2c(c1)nc(C(C)(C)c1ccc(OC(F)(F)F)cc1)n2C1CC(C)CC(C)(C)C1. The maximum Gasteiger partial charge on any atom is 0.573 e. The number of aromatic nitrogens is 2. The van der Waals surface area contributed by atoms with Gasteiger partial charge in [-0.15, -0.1) is 13.2 Å². The molecule has 3 aromatic rings. The summed E-state index contributed by atoms with van der Waals surface area (Å²) in [5.41, 5.74) is 2.37. The summed E-state index contributed by atoms with van der Waals surface area (Å²) in [4.78, 5) is 17.2. The number of hydrogen-bond acceptors (Lipinski definition) is 4. The van der Waals surface area contributed by atoms with Gasteiger partial charge in [-0.2, -0.15) is 0 Å². The van der Waals surface area contributed by atoms with Crippen molar-refractivity contribution in [2.45, 2.75) is 71.7 Å². The van der Waals surface area contributed by atoms with Crippen molar-refractivity contribution in [2.24, 2.45) is 11.3 Å². The molecular formula is C28H33F3N2O3. The molecule has 4 rings (SSSR count). The van der Waals surface area contributed by atoms with Crippen LogP contribution >= 0.6 is 0 Å². The van der Waals surface area contributed by atoms with Gasteiger partial charge in [0.2, 0.25) is 0 Å². The number of carbonyl (C=O) groups is 1. The van der Waals surface area contributed by atoms with Crippen molar-refractivity contribution in [1.29, 1.82) is 0 Å². The highest BCUT2D eigenvalue weighted by molar-refractivity contribution is 5.93. The Labute approximate surface area is 209 Å². The van der Waals surface area contributed by atoms with Gasteiger partial charge in [0.1, 0.15) is 11.6 Å². The summed E-state index contributed by atoms with van der Waals surface area (Å²) in [5, 5.41) is 0. The second kappa shape index (κ2) is 9.12. The number of alkyl halides is 3. The molecule has 0 amide bonds. The second-order valence-electron chi connectivity index (χ2n) is 11.3. The fourth-order valence-electron chi connectivity index (χ4n) is 5.85. The highest BCUT2D eigenvalue weighted by Gasteiger charge is 2.38. The molecule has 1 aliphatic carbocycles. The van der Waals surface area contributed by atoms with Crippen LogP contribution in [0.4, 0.5) is 13.2 Å². The van der Waals surface area contributed by atoms with E-state index in [1.807, 2.05) is 19.9 Å². The van der Waals surface area contributed by atoms with E-state index >= 15 is 0 Å². The molecule has 0 radical (unpaired) electrons. The van der Waals surface area contributed by atoms with Gasteiger partial charge in [-0.25, -0.2) is 9.78 Å². The van der Waals surface area contributed by atoms with Gasteiger partial charge >= 0.3 is 12.3 Å². The lowest BCUT2D eigenvalue weighted by Gasteiger charge is -2.41. The molecule has 2 aromatic carbocycles. The monoisotopic (exact) mass is 502 g/mol. The Morgan fingerprint density at radius 3 is 2.33 bits per heavy atom. The molecular weight excluding hydrogens is 469 g/mol. The van der Waals surface area contributed by atoms with Gasteiger partial charge in [-0.3, -0.25) is 0 Å². The van der Waals surface area contributed by atoms with E-state index in [0.29, 0.717) is 17.0 Å². The third-order valence-corrected chi connectivity index (χ3v) is 7.21. The molecule has 0 bridgehead atoms. The van der Waals surface area contributed by atoms with Crippen LogP contribution in [0.15, 0.2) is 42.5 Å². The van der Waals surface area contributed by atoms with Crippen molar-refractivity contribution in [3.8, 4) is 5.75 Å². The molecule has 8 heteroatoms. The zero-order valence-corrected chi connectivity index (χ0v) is 21.6. The molecule has 5 nitrogen and oxygen atoms in total. The van der Waals surface area contributed by atoms with E-state index in [1.165, 1.54) is 19.2 Å². The van der Waals surface area contributed by atoms with Gasteiger partial charge in [0, 0.05) is 11.5 Å². The van der Waals surface area contributed by atoms with E-state index in [1.54, 1.807) is 24.3 Å². The number of hydrogen-bond donors (Lipinski definition) is 0. The van der Waals surface area contributed by atoms with Gasteiger partial charge < -0.3 is 14.0 Å². The Bertz CT molecular complexity index is 1260. The minimum atomic E-state index is -4.74. The van der Waals surface area contributed by atoms with Gasteiger partial charge in [0.05, 0.1) is 23.7 Å². The Hall–Kier alpha value is -3.03. The summed E-state index contributed by atoms with van der Waals surface area (Å²) in [7, 11) is 1.34. The van der Waals surface area contributed by atoms with Crippen molar-refractivity contribution in [3.63, 3.8) is 0 Å². The van der Waals surface area contributed by atoms with Crippen molar-refractivity contribution in [3.05, 3.63) is 59.4 Å². The maximum atomic E-state index is 12.7. The van der Waals surface area contributed by atoms with Crippen LogP contribution in [0.1, 0.15) is 81.7 Å². The van der Waals surface area contributed by atoms with E-state index in [9.17, 15) is 18.0 Å². The molecule has 1 heterocycles. The summed E-state index contributed by atoms with van der Waals surface area (Å²) < 4.78 is 49.2. The Balaban J connectivity index is 1.85. The standard InChI is InChI=1S/C28H33F3N2O3/c1-17-13-20(16-26(2,3)15-17)33-23-12-7-18(24(34)35-6)14-22(23)32-25(33)27(4,5)19-8-10-21(11-9-19)36-28(29,30)31/h7-12,14,17,20H,13,15-16H2,1-6H3. The van der Waals surface area contributed by atoms with E-state index < -0.39 is 17.7 Å². The van der Waals surface area contributed by atoms with Crippen molar-refractivity contribution >= 4 is 17.0 Å². The zero-order chi connectivity index (χ0) is 26.5. The van der Waals surface area contributed by atoms with E-state index in [2.05, 4.69) is 30.1 Å². The lowest BCUT2D eigenvalue weighted by Crippen LogP contribution is -2.33. The molecule has 0 spiro atoms. The van der Waals surface area contributed by atoms with Gasteiger partial charge in [-0.05, 0) is 80.3 Å². The highest BCUT2D eigenvalue weighted by atomic mass is 19.4. The van der Waals surface area contributed by atoms with Crippen molar-refractivity contribution < 1.29 is 27.4 Å². The van der Waals surface area contributed by atoms with Crippen LogP contribution in [0.2, 0.25) is 0 Å². The Morgan fingerprint density at radius 1 is 1.08 bits per heavy atom. The van der Waals surface area contributed by atoms with Crippen LogP contribution in [0.25, 0.3) is 11.0 Å². The van der Waals surface area contributed by atoms with Gasteiger partial charge in [0.25, 0.3) is 0 Å². The number of nitrogens with zero attached hydrogens (tertiary/aromatic N) is 2. The average molecular weight is 503 g/mol. The first-order valence-corrected chi connectivity index (χ1v) is 12.2. The fourth-order valence-corrected chi connectivity index (χ4v) is 5.85. The number of halogens is 3. The molecule has 1 aliphatic rings. The van der Waals surface area contributed by atoms with Crippen LogP contribution in [0, 0.1) is 11.3 Å². The summed E-state index contributed by atoms with van der Waals surface area (Å²) in [5.74, 6) is 0.639. The van der Waals surface area contributed by atoms with Gasteiger partial charge in [-0.1, -0.05) is 32.9 Å². The number of benzene rings is 2. The lowest BCUT2D eigenvalue weighted by molar-refractivity contribution is -0.274. The Morgan fingerprint density at radius 2 is 1.75 bits per heavy atom. The number of imidazole rings is 1. The molecule has 36 heavy (non-hydrogen) atoms. The highest BCUT2D eigenvalue weighted by Crippen LogP contribution is 2.47. The smallest absolute Gasteiger partial charge is 0.465 e. The molecule has 1 fully saturated rings. The molecule has 1 saturated carbocycles. The molecule has 0 aliphatic heterocycles. The number of methoxy groups -OCH3 is 1. The van der Waals surface area contributed by atoms with E-state index in [0.717, 1.165) is 36.2 Å². The first-order chi connectivity index (χ1) is 16.7. The number of carbonyl (C=O) groups excluding carboxylic acids is 1.